The number of nitrogens with one attached hydrogen (secondary N) is 2. The number of furan rings is 1. The molecule has 0 fully saturated rings. The van der Waals surface area contributed by atoms with Crippen molar-refractivity contribution in [1.82, 2.24) is 14.7 Å². The van der Waals surface area contributed by atoms with Gasteiger partial charge in [-0.2, -0.15) is 0 Å². The number of hydrogen-bond acceptors (Lipinski definition) is 3. The molecule has 3 aromatic heterocycles. The number of amides is 2. The van der Waals surface area contributed by atoms with Crippen LogP contribution in [-0.4, -0.2) is 15.4 Å². The van der Waals surface area contributed by atoms with E-state index in [4.69, 9.17) is 4.42 Å². The van der Waals surface area contributed by atoms with Crippen molar-refractivity contribution < 1.29 is 9.21 Å². The monoisotopic (exact) mass is 346 g/mol. The number of rotatable bonds is 4. The van der Waals surface area contributed by atoms with E-state index in [9.17, 15) is 4.79 Å². The Hall–Kier alpha value is -3.54. The van der Waals surface area contributed by atoms with Crippen LogP contribution in [0.15, 0.2) is 71.5 Å². The van der Waals surface area contributed by atoms with Gasteiger partial charge in [0.05, 0.1) is 12.8 Å². The van der Waals surface area contributed by atoms with Gasteiger partial charge in [-0.05, 0) is 37.3 Å². The first kappa shape index (κ1) is 16.0. The van der Waals surface area contributed by atoms with E-state index >= 15 is 0 Å². The molecule has 1 aromatic carbocycles. The van der Waals surface area contributed by atoms with Crippen molar-refractivity contribution in [2.24, 2.45) is 0 Å². The van der Waals surface area contributed by atoms with Gasteiger partial charge in [0.1, 0.15) is 22.9 Å². The van der Waals surface area contributed by atoms with Gasteiger partial charge in [0.2, 0.25) is 0 Å². The van der Waals surface area contributed by atoms with Gasteiger partial charge in [0, 0.05) is 11.8 Å². The van der Waals surface area contributed by atoms with Crippen molar-refractivity contribution >= 4 is 17.5 Å². The molecule has 0 radical (unpaired) electrons. The molecule has 6 heteroatoms. The molecule has 0 spiro atoms. The zero-order valence-corrected chi connectivity index (χ0v) is 14.3. The number of hydrogen-bond donors (Lipinski definition) is 2. The maximum Gasteiger partial charge on any atom is 0.320 e. The molecule has 3 heterocycles. The Morgan fingerprint density at radius 1 is 1.15 bits per heavy atom. The molecule has 26 heavy (non-hydrogen) atoms. The third-order valence-corrected chi connectivity index (χ3v) is 4.06. The molecule has 4 aromatic rings. The molecule has 0 unspecified atom stereocenters. The summed E-state index contributed by atoms with van der Waals surface area (Å²) < 4.78 is 7.10. The van der Waals surface area contributed by atoms with Gasteiger partial charge < -0.3 is 9.73 Å². The molecule has 0 saturated heterocycles. The highest BCUT2D eigenvalue weighted by Crippen LogP contribution is 2.29. The van der Waals surface area contributed by atoms with Gasteiger partial charge in [-0.3, -0.25) is 9.72 Å². The summed E-state index contributed by atoms with van der Waals surface area (Å²) in [5.74, 6) is 1.32. The number of nitrogens with zero attached hydrogens (tertiary/aromatic N) is 2. The summed E-state index contributed by atoms with van der Waals surface area (Å²) in [7, 11) is 0. The van der Waals surface area contributed by atoms with Gasteiger partial charge >= 0.3 is 6.03 Å². The number of urea groups is 1. The molecule has 6 nitrogen and oxygen atoms in total. The van der Waals surface area contributed by atoms with E-state index in [0.717, 1.165) is 22.5 Å². The Kier molecular flexibility index (Phi) is 4.15. The molecular formula is C20H18N4O2. The average Bonchev–Trinajstić information content (AvgIpc) is 3.28. The highest BCUT2D eigenvalue weighted by molar-refractivity contribution is 5.93. The Morgan fingerprint density at radius 3 is 2.88 bits per heavy atom. The first-order chi connectivity index (χ1) is 12.7. The second kappa shape index (κ2) is 6.76. The van der Waals surface area contributed by atoms with Crippen LogP contribution in [0.1, 0.15) is 11.3 Å². The number of carbonyl (C=O) groups excluding carboxylic acids is 1. The standard InChI is InChI=1S/C20H18N4O2/c1-14-6-4-7-15(12-14)18-19(24-10-3-2-9-17(24)22-18)23-20(25)21-13-16-8-5-11-26-16/h2-12H,13H2,1H3,(H2,21,23,25). The van der Waals surface area contributed by atoms with Crippen LogP contribution >= 0.6 is 0 Å². The van der Waals surface area contributed by atoms with Crippen molar-refractivity contribution in [3.63, 3.8) is 0 Å². The molecule has 2 amide bonds. The number of benzene rings is 1. The van der Waals surface area contributed by atoms with Crippen LogP contribution in [0.4, 0.5) is 10.6 Å². The lowest BCUT2D eigenvalue weighted by molar-refractivity contribution is 0.250. The lowest BCUT2D eigenvalue weighted by Gasteiger charge is -2.09. The SMILES string of the molecule is Cc1cccc(-c2nc3ccccn3c2NC(=O)NCc2ccco2)c1. The fraction of sp³-hybridized carbons (Fsp3) is 0.100. The topological polar surface area (TPSA) is 71.6 Å². The maximum absolute atomic E-state index is 12.4. The molecule has 0 aliphatic rings. The summed E-state index contributed by atoms with van der Waals surface area (Å²) in [6.45, 7) is 2.35. The van der Waals surface area contributed by atoms with E-state index < -0.39 is 0 Å². The number of fused-ring (bicyclic) bond motifs is 1. The maximum atomic E-state index is 12.4. The Bertz CT molecular complexity index is 1050. The van der Waals surface area contributed by atoms with E-state index in [1.807, 2.05) is 66.1 Å². The minimum Gasteiger partial charge on any atom is -0.467 e. The molecule has 130 valence electrons. The minimum atomic E-state index is -0.319. The van der Waals surface area contributed by atoms with E-state index in [0.29, 0.717) is 18.1 Å². The third-order valence-electron chi connectivity index (χ3n) is 4.06. The average molecular weight is 346 g/mol. The number of pyridine rings is 1. The Balaban J connectivity index is 1.66. The summed E-state index contributed by atoms with van der Waals surface area (Å²) in [6, 6.07) is 17.1. The molecule has 0 atom stereocenters. The van der Waals surface area contributed by atoms with Crippen LogP contribution in [0.2, 0.25) is 0 Å². The fourth-order valence-electron chi connectivity index (χ4n) is 2.84. The lowest BCUT2D eigenvalue weighted by Crippen LogP contribution is -2.28. The smallest absolute Gasteiger partial charge is 0.320 e. The largest absolute Gasteiger partial charge is 0.467 e. The predicted molar refractivity (Wildman–Crippen MR) is 99.9 cm³/mol. The van der Waals surface area contributed by atoms with Crippen LogP contribution < -0.4 is 10.6 Å². The normalized spacial score (nSPS) is 10.8. The van der Waals surface area contributed by atoms with Crippen LogP contribution in [-0.2, 0) is 6.54 Å². The van der Waals surface area contributed by atoms with Crippen molar-refractivity contribution in [1.29, 1.82) is 0 Å². The van der Waals surface area contributed by atoms with Gasteiger partial charge in [-0.1, -0.05) is 29.8 Å². The van der Waals surface area contributed by atoms with Gasteiger partial charge in [0.15, 0.2) is 0 Å². The molecule has 4 rings (SSSR count). The van der Waals surface area contributed by atoms with Gasteiger partial charge in [-0.25, -0.2) is 9.78 Å². The van der Waals surface area contributed by atoms with Crippen LogP contribution in [0.3, 0.4) is 0 Å². The number of aryl methyl sites for hydroxylation is 1. The molecule has 0 saturated carbocycles. The second-order valence-electron chi connectivity index (χ2n) is 5.99. The highest BCUT2D eigenvalue weighted by Gasteiger charge is 2.16. The molecule has 0 bridgehead atoms. The first-order valence-corrected chi connectivity index (χ1v) is 8.32. The molecule has 0 aliphatic carbocycles. The van der Waals surface area contributed by atoms with Crippen LogP contribution in [0.25, 0.3) is 16.9 Å². The van der Waals surface area contributed by atoms with Crippen molar-refractivity contribution in [3.8, 4) is 11.3 Å². The van der Waals surface area contributed by atoms with E-state index in [2.05, 4.69) is 15.6 Å². The lowest BCUT2D eigenvalue weighted by atomic mass is 10.1. The van der Waals surface area contributed by atoms with E-state index in [1.165, 1.54) is 0 Å². The summed E-state index contributed by atoms with van der Waals surface area (Å²) >= 11 is 0. The highest BCUT2D eigenvalue weighted by atomic mass is 16.3. The second-order valence-corrected chi connectivity index (χ2v) is 5.99. The zero-order valence-electron chi connectivity index (χ0n) is 14.3. The van der Waals surface area contributed by atoms with Crippen molar-refractivity contribution in [2.75, 3.05) is 5.32 Å². The first-order valence-electron chi connectivity index (χ1n) is 8.32. The molecule has 2 N–H and O–H groups in total. The molecule has 0 aliphatic heterocycles. The van der Waals surface area contributed by atoms with Crippen molar-refractivity contribution in [3.05, 3.63) is 78.4 Å². The quantitative estimate of drug-likeness (QED) is 0.581. The molecular weight excluding hydrogens is 328 g/mol. The minimum absolute atomic E-state index is 0.315. The fourth-order valence-corrected chi connectivity index (χ4v) is 2.84. The Labute approximate surface area is 150 Å². The van der Waals surface area contributed by atoms with Gasteiger partial charge in [-0.15, -0.1) is 0 Å². The number of anilines is 1. The summed E-state index contributed by atoms with van der Waals surface area (Å²) in [5, 5.41) is 5.72. The third kappa shape index (κ3) is 3.17. The number of carbonyl (C=O) groups is 1. The van der Waals surface area contributed by atoms with Crippen LogP contribution in [0.5, 0.6) is 0 Å². The summed E-state index contributed by atoms with van der Waals surface area (Å²) in [5.41, 5.74) is 3.58. The van der Waals surface area contributed by atoms with Crippen molar-refractivity contribution in [2.45, 2.75) is 13.5 Å². The van der Waals surface area contributed by atoms with E-state index in [-0.39, 0.29) is 6.03 Å². The van der Waals surface area contributed by atoms with Gasteiger partial charge in [0.25, 0.3) is 0 Å². The predicted octanol–water partition coefficient (Wildman–Crippen LogP) is 4.22. The summed E-state index contributed by atoms with van der Waals surface area (Å²) in [4.78, 5) is 17.1. The zero-order chi connectivity index (χ0) is 17.9. The van der Waals surface area contributed by atoms with Crippen LogP contribution in [0, 0.1) is 6.92 Å². The number of imidazole rings is 1. The summed E-state index contributed by atoms with van der Waals surface area (Å²) in [6.07, 6.45) is 3.46. The Morgan fingerprint density at radius 2 is 2.08 bits per heavy atom. The number of aromatic nitrogens is 2. The van der Waals surface area contributed by atoms with E-state index in [1.54, 1.807) is 12.3 Å².